The quantitative estimate of drug-likeness (QED) is 0.105. The fourth-order valence-electron chi connectivity index (χ4n) is 19.0. The summed E-state index contributed by atoms with van der Waals surface area (Å²) in [5, 5.41) is 26.0. The predicted octanol–water partition coefficient (Wildman–Crippen LogP) is 31.7. The lowest BCUT2D eigenvalue weighted by molar-refractivity contribution is 0.660. The molecule has 0 saturated carbocycles. The van der Waals surface area contributed by atoms with Gasteiger partial charge in [-0.3, -0.25) is 0 Å². The maximum Gasteiger partial charge on any atom is 0.0159 e. The third-order valence-corrected chi connectivity index (χ3v) is 24.1. The molecule has 0 heterocycles. The molecule has 0 heteroatoms. The van der Waals surface area contributed by atoms with Gasteiger partial charge in [0.2, 0.25) is 0 Å². The molecule has 0 bridgehead atoms. The molecule has 0 unspecified atom stereocenters. The Hall–Kier alpha value is -14.3. The Kier molecular flexibility index (Phi) is 16.4. The Bertz CT molecular complexity index is 7280. The Morgan fingerprint density at radius 1 is 0.142 bits per heavy atom. The largest absolute Gasteiger partial charge is 0.0622 e. The average Bonchev–Trinajstić information content (AvgIpc) is 1.63. The van der Waals surface area contributed by atoms with Crippen LogP contribution in [0.25, 0.3) is 208 Å². The molecule has 0 radical (unpaired) electrons. The highest BCUT2D eigenvalue weighted by Gasteiger charge is 2.35. The fourth-order valence-corrected chi connectivity index (χ4v) is 19.0. The van der Waals surface area contributed by atoms with E-state index in [9.17, 15) is 0 Å². The van der Waals surface area contributed by atoms with E-state index >= 15 is 0 Å². The predicted molar refractivity (Wildman–Crippen MR) is 487 cm³/mol. The summed E-state index contributed by atoms with van der Waals surface area (Å²) in [4.78, 5) is 0. The van der Waals surface area contributed by atoms with Gasteiger partial charge in [0.1, 0.15) is 0 Å². The molecule has 0 N–H and O–H groups in total. The molecular weight excluding hydrogens is 1360 g/mol. The first-order chi connectivity index (χ1) is 55.9. The van der Waals surface area contributed by atoms with Gasteiger partial charge in [-0.05, 0) is 231 Å². The van der Waals surface area contributed by atoms with E-state index < -0.39 is 0 Å². The lowest BCUT2D eigenvalue weighted by Crippen LogP contribution is -2.14. The van der Waals surface area contributed by atoms with Gasteiger partial charge in [-0.1, -0.05) is 426 Å². The fraction of sp³-hybridized carbons (Fsp3) is 0.0265. The van der Waals surface area contributed by atoms with E-state index in [1.165, 1.54) is 219 Å². The summed E-state index contributed by atoms with van der Waals surface area (Å²) in [6.07, 6.45) is 0. The first-order valence-corrected chi connectivity index (χ1v) is 39.5. The van der Waals surface area contributed by atoms with E-state index in [0.29, 0.717) is 0 Å². The molecule has 0 amide bonds. The van der Waals surface area contributed by atoms with Crippen LogP contribution in [0.1, 0.15) is 25.0 Å². The second-order valence-electron chi connectivity index (χ2n) is 30.7. The zero-order valence-corrected chi connectivity index (χ0v) is 62.9. The third kappa shape index (κ3) is 11.3. The maximum atomic E-state index is 2.41. The standard InChI is InChI=1S/C42H26.C41H30.C30H20/c1-2-10-27(11-3-1)40-34-16-4-6-18-36(34)41(37-19-7-5-17-35(37)40)32-15-9-14-31(26-32)33-24-22-30-21-20-28-12-8-13-29-23-25-38(33)42(30)39(28)29;1-41(2)37-19-11-10-14-31(37)32-25-24-30(26-38(32)41)27-20-22-29(23-21-27)40-35-17-8-6-15-33(35)39(28-12-4-3-5-13-28)34-16-7-9-18-36(34)40;1-2-12-22(13-3-1)29-25-16-6-8-18-27(25)30(28-19-9-7-17-26(28)29)24-20-10-14-21-11-4-5-15-23(21)24/h1-26H;3-26H,1-2H3;1-20H. The molecule has 0 aliphatic heterocycles. The van der Waals surface area contributed by atoms with Gasteiger partial charge in [0, 0.05) is 5.41 Å². The minimum absolute atomic E-state index is 0.000206. The second kappa shape index (κ2) is 27.7. The molecule has 0 saturated heterocycles. The van der Waals surface area contributed by atoms with Gasteiger partial charge in [0.05, 0.1) is 0 Å². The molecular formula is C113H76. The molecule has 1 aliphatic rings. The van der Waals surface area contributed by atoms with E-state index in [2.05, 4.69) is 438 Å². The van der Waals surface area contributed by atoms with Crippen LogP contribution >= 0.6 is 0 Å². The van der Waals surface area contributed by atoms with E-state index in [-0.39, 0.29) is 5.41 Å². The summed E-state index contributed by atoms with van der Waals surface area (Å²) >= 11 is 0. The first kappa shape index (κ1) is 66.9. The van der Waals surface area contributed by atoms with E-state index in [0.717, 1.165) is 0 Å². The van der Waals surface area contributed by atoms with Crippen molar-refractivity contribution in [2.75, 3.05) is 0 Å². The summed E-state index contributed by atoms with van der Waals surface area (Å²) in [6.45, 7) is 4.69. The highest BCUT2D eigenvalue weighted by Crippen LogP contribution is 2.52. The first-order valence-electron chi connectivity index (χ1n) is 39.5. The summed E-state index contributed by atoms with van der Waals surface area (Å²) in [7, 11) is 0. The van der Waals surface area contributed by atoms with Gasteiger partial charge in [-0.2, -0.15) is 0 Å². The van der Waals surface area contributed by atoms with Crippen molar-refractivity contribution in [3.05, 3.63) is 436 Å². The van der Waals surface area contributed by atoms with Crippen molar-refractivity contribution in [2.45, 2.75) is 19.3 Å². The monoisotopic (exact) mass is 1430 g/mol. The minimum atomic E-state index is 0.000206. The second-order valence-corrected chi connectivity index (χ2v) is 30.7. The van der Waals surface area contributed by atoms with Gasteiger partial charge >= 0.3 is 0 Å². The lowest BCUT2D eigenvalue weighted by Gasteiger charge is -2.22. The van der Waals surface area contributed by atoms with Crippen molar-refractivity contribution in [3.63, 3.8) is 0 Å². The molecule has 23 rings (SSSR count). The van der Waals surface area contributed by atoms with Crippen LogP contribution in [0.2, 0.25) is 0 Å². The highest BCUT2D eigenvalue weighted by atomic mass is 14.4. The normalized spacial score (nSPS) is 12.2. The number of hydrogen-bond acceptors (Lipinski definition) is 0. The van der Waals surface area contributed by atoms with E-state index in [4.69, 9.17) is 0 Å². The topological polar surface area (TPSA) is 0 Å². The minimum Gasteiger partial charge on any atom is -0.0622 e. The van der Waals surface area contributed by atoms with E-state index in [1.807, 2.05) is 0 Å². The molecule has 0 nitrogen and oxygen atoms in total. The van der Waals surface area contributed by atoms with Gasteiger partial charge in [0.25, 0.3) is 0 Å². The van der Waals surface area contributed by atoms with Gasteiger partial charge in [-0.25, -0.2) is 0 Å². The van der Waals surface area contributed by atoms with Crippen LogP contribution in [-0.2, 0) is 5.41 Å². The zero-order chi connectivity index (χ0) is 75.1. The molecule has 113 heavy (non-hydrogen) atoms. The Morgan fingerprint density at radius 3 is 0.938 bits per heavy atom. The van der Waals surface area contributed by atoms with E-state index in [1.54, 1.807) is 0 Å². The van der Waals surface area contributed by atoms with Gasteiger partial charge in [-0.15, -0.1) is 0 Å². The van der Waals surface area contributed by atoms with Crippen LogP contribution in [0.4, 0.5) is 0 Å². The summed E-state index contributed by atoms with van der Waals surface area (Å²) in [5.41, 5.74) is 26.0. The van der Waals surface area contributed by atoms with Crippen molar-refractivity contribution in [2.24, 2.45) is 0 Å². The number of benzene rings is 22. The van der Waals surface area contributed by atoms with Crippen LogP contribution in [0.15, 0.2) is 425 Å². The Morgan fingerprint density at radius 2 is 0.442 bits per heavy atom. The molecule has 22 aromatic rings. The average molecular weight is 1430 g/mol. The van der Waals surface area contributed by atoms with Crippen LogP contribution in [-0.4, -0.2) is 0 Å². The van der Waals surface area contributed by atoms with Crippen LogP contribution in [0.3, 0.4) is 0 Å². The van der Waals surface area contributed by atoms with Crippen molar-refractivity contribution >= 4 is 108 Å². The van der Waals surface area contributed by atoms with Crippen LogP contribution in [0.5, 0.6) is 0 Å². The number of hydrogen-bond donors (Lipinski definition) is 0. The lowest BCUT2D eigenvalue weighted by atomic mass is 9.81. The Balaban J connectivity index is 0.000000108. The molecule has 0 fully saturated rings. The molecule has 22 aromatic carbocycles. The summed E-state index contributed by atoms with van der Waals surface area (Å²) < 4.78 is 0. The molecule has 1 aliphatic carbocycles. The zero-order valence-electron chi connectivity index (χ0n) is 62.9. The molecule has 0 spiro atoms. The smallest absolute Gasteiger partial charge is 0.0159 e. The molecule has 0 aromatic heterocycles. The van der Waals surface area contributed by atoms with Crippen molar-refractivity contribution in [1.29, 1.82) is 0 Å². The molecule has 0 atom stereocenters. The van der Waals surface area contributed by atoms with Crippen molar-refractivity contribution in [3.8, 4) is 100 Å². The van der Waals surface area contributed by atoms with Crippen LogP contribution < -0.4 is 0 Å². The summed E-state index contributed by atoms with van der Waals surface area (Å²) in [5.74, 6) is 0. The number of rotatable bonds is 8. The highest BCUT2D eigenvalue weighted by molar-refractivity contribution is 6.28. The summed E-state index contributed by atoms with van der Waals surface area (Å²) in [6, 6.07) is 155. The third-order valence-electron chi connectivity index (χ3n) is 24.1. The van der Waals surface area contributed by atoms with Gasteiger partial charge < -0.3 is 0 Å². The Labute approximate surface area is 658 Å². The molecule has 528 valence electrons. The maximum absolute atomic E-state index is 2.41. The van der Waals surface area contributed by atoms with Crippen molar-refractivity contribution in [1.82, 2.24) is 0 Å². The SMILES string of the molecule is CC1(C)c2ccccc2-c2ccc(-c3ccc(-c4c5ccccc5c(-c5ccccc5)c5ccccc45)cc3)cc21.c1ccc(-c2c3ccccc3c(-c3cccc(-c4ccc5ccc6cccc7ccc4c5c67)c3)c3ccccc23)cc1.c1ccc(-c2c3ccccc3c(-c3cccc4ccccc34)c3ccccc23)cc1. The van der Waals surface area contributed by atoms with Gasteiger partial charge in [0.15, 0.2) is 0 Å². The van der Waals surface area contributed by atoms with Crippen LogP contribution in [0, 0.1) is 0 Å². The van der Waals surface area contributed by atoms with Crippen molar-refractivity contribution < 1.29 is 0 Å². The number of fused-ring (bicyclic) bond motifs is 10.